The average molecular weight is 431 g/mol. The van der Waals surface area contributed by atoms with Crippen LogP contribution in [0.5, 0.6) is 0 Å². The summed E-state index contributed by atoms with van der Waals surface area (Å²) in [5.74, 6) is 1.12. The lowest BCUT2D eigenvalue weighted by molar-refractivity contribution is 0.254. The van der Waals surface area contributed by atoms with Gasteiger partial charge < -0.3 is 9.47 Å². The molecule has 2 aromatic heterocycles. The van der Waals surface area contributed by atoms with E-state index in [0.29, 0.717) is 6.04 Å². The molecular weight excluding hydrogens is 400 g/mol. The third kappa shape index (κ3) is 3.30. The van der Waals surface area contributed by atoms with Gasteiger partial charge in [0, 0.05) is 35.1 Å². The summed E-state index contributed by atoms with van der Waals surface area (Å²) in [6.45, 7) is 9.02. The minimum atomic E-state index is 0.0356. The van der Waals surface area contributed by atoms with Crippen LogP contribution in [0.4, 0.5) is 0 Å². The van der Waals surface area contributed by atoms with Gasteiger partial charge in [-0.05, 0) is 62.1 Å². The Kier molecular flexibility index (Phi) is 5.39. The molecule has 160 valence electrons. The highest BCUT2D eigenvalue weighted by Crippen LogP contribution is 2.49. The highest BCUT2D eigenvalue weighted by molar-refractivity contribution is 8.14. The summed E-state index contributed by atoms with van der Waals surface area (Å²) in [4.78, 5) is 12.5. The number of amidine groups is 1. The largest absolute Gasteiger partial charge is 0.338 e. The molecular formula is C26H30N4S. The van der Waals surface area contributed by atoms with E-state index in [1.54, 1.807) is 0 Å². The predicted molar refractivity (Wildman–Crippen MR) is 130 cm³/mol. The van der Waals surface area contributed by atoms with Gasteiger partial charge in [-0.2, -0.15) is 0 Å². The molecule has 0 unspecified atom stereocenters. The van der Waals surface area contributed by atoms with Gasteiger partial charge in [-0.1, -0.05) is 49.9 Å². The van der Waals surface area contributed by atoms with Crippen molar-refractivity contribution in [2.24, 2.45) is 4.99 Å². The molecule has 0 saturated carbocycles. The van der Waals surface area contributed by atoms with Crippen molar-refractivity contribution in [3.8, 4) is 5.69 Å². The summed E-state index contributed by atoms with van der Waals surface area (Å²) in [5, 5.41) is 1.19. The molecule has 0 aliphatic carbocycles. The van der Waals surface area contributed by atoms with Crippen LogP contribution in [0.1, 0.15) is 60.6 Å². The molecule has 4 nitrogen and oxygen atoms in total. The number of hydrogen-bond donors (Lipinski definition) is 0. The number of benzene rings is 1. The normalized spacial score (nSPS) is 22.6. The van der Waals surface area contributed by atoms with Gasteiger partial charge in [0.2, 0.25) is 0 Å². The number of pyridine rings is 1. The number of hydrogen-bond acceptors (Lipinski definition) is 4. The van der Waals surface area contributed by atoms with Crippen molar-refractivity contribution < 1.29 is 0 Å². The van der Waals surface area contributed by atoms with Crippen LogP contribution in [0.15, 0.2) is 59.7 Å². The molecule has 1 saturated heterocycles. The lowest BCUT2D eigenvalue weighted by atomic mass is 9.95. The summed E-state index contributed by atoms with van der Waals surface area (Å²) in [5.41, 5.74) is 7.70. The molecule has 3 atom stereocenters. The van der Waals surface area contributed by atoms with Crippen LogP contribution in [-0.2, 0) is 6.42 Å². The molecule has 5 heteroatoms. The van der Waals surface area contributed by atoms with E-state index in [-0.39, 0.29) is 12.1 Å². The van der Waals surface area contributed by atoms with Crippen molar-refractivity contribution in [2.75, 3.05) is 5.75 Å². The monoisotopic (exact) mass is 430 g/mol. The zero-order valence-electron chi connectivity index (χ0n) is 18.7. The predicted octanol–water partition coefficient (Wildman–Crippen LogP) is 6.03. The number of thioether (sulfide) groups is 1. The number of rotatable bonds is 5. The van der Waals surface area contributed by atoms with Gasteiger partial charge in [-0.25, -0.2) is 0 Å². The summed E-state index contributed by atoms with van der Waals surface area (Å²) >= 11 is 1.90. The third-order valence-electron chi connectivity index (χ3n) is 6.73. The molecule has 0 bridgehead atoms. The minimum Gasteiger partial charge on any atom is -0.338 e. The van der Waals surface area contributed by atoms with Crippen molar-refractivity contribution >= 4 is 16.9 Å². The molecule has 3 aromatic rings. The van der Waals surface area contributed by atoms with Gasteiger partial charge in [0.15, 0.2) is 5.17 Å². The molecule has 1 aromatic carbocycles. The van der Waals surface area contributed by atoms with Gasteiger partial charge in [0.05, 0.1) is 11.7 Å². The Bertz CT molecular complexity index is 1120. The maximum absolute atomic E-state index is 5.20. The SMILES string of the molecule is CCc1ccccc1-n1c(C)cc([C@@H]2[C@@H](c3ccccn3)N=C3SC[C@@H](CC)N32)c1C. The molecule has 0 radical (unpaired) electrons. The van der Waals surface area contributed by atoms with Crippen molar-refractivity contribution in [3.05, 3.63) is 82.9 Å². The van der Waals surface area contributed by atoms with E-state index in [2.05, 4.69) is 79.6 Å². The van der Waals surface area contributed by atoms with Crippen molar-refractivity contribution in [1.82, 2.24) is 14.5 Å². The summed E-state index contributed by atoms with van der Waals surface area (Å²) in [6, 6.07) is 18.1. The topological polar surface area (TPSA) is 33.4 Å². The number of nitrogens with zero attached hydrogens (tertiary/aromatic N) is 4. The molecule has 4 heterocycles. The lowest BCUT2D eigenvalue weighted by Gasteiger charge is -2.32. The smallest absolute Gasteiger partial charge is 0.160 e. The van der Waals surface area contributed by atoms with Gasteiger partial charge in [0.1, 0.15) is 6.04 Å². The van der Waals surface area contributed by atoms with Crippen LogP contribution in [0.3, 0.4) is 0 Å². The highest BCUT2D eigenvalue weighted by Gasteiger charge is 2.46. The van der Waals surface area contributed by atoms with E-state index in [4.69, 9.17) is 9.98 Å². The fourth-order valence-corrected chi connectivity index (χ4v) is 6.51. The second kappa shape index (κ2) is 8.19. The van der Waals surface area contributed by atoms with Gasteiger partial charge in [-0.3, -0.25) is 9.98 Å². The Morgan fingerprint density at radius 2 is 1.87 bits per heavy atom. The number of aryl methyl sites for hydroxylation is 2. The molecule has 2 aliphatic heterocycles. The maximum atomic E-state index is 5.20. The zero-order chi connectivity index (χ0) is 21.5. The molecule has 0 spiro atoms. The second-order valence-corrected chi connectivity index (χ2v) is 9.47. The van der Waals surface area contributed by atoms with Crippen LogP contribution < -0.4 is 0 Å². The van der Waals surface area contributed by atoms with E-state index < -0.39 is 0 Å². The van der Waals surface area contributed by atoms with Crippen LogP contribution in [-0.4, -0.2) is 31.4 Å². The maximum Gasteiger partial charge on any atom is 0.160 e. The van der Waals surface area contributed by atoms with Crippen LogP contribution in [0.25, 0.3) is 5.69 Å². The Labute approximate surface area is 189 Å². The van der Waals surface area contributed by atoms with E-state index in [0.717, 1.165) is 24.3 Å². The molecule has 0 N–H and O–H groups in total. The second-order valence-electron chi connectivity index (χ2n) is 8.48. The van der Waals surface area contributed by atoms with E-state index in [9.17, 15) is 0 Å². The van der Waals surface area contributed by atoms with Crippen LogP contribution in [0, 0.1) is 13.8 Å². The molecule has 31 heavy (non-hydrogen) atoms. The first kappa shape index (κ1) is 20.4. The van der Waals surface area contributed by atoms with Crippen molar-refractivity contribution in [2.45, 2.75) is 58.7 Å². The average Bonchev–Trinajstić information content (AvgIpc) is 3.45. The Morgan fingerprint density at radius 3 is 2.61 bits per heavy atom. The van der Waals surface area contributed by atoms with Gasteiger partial charge in [0.25, 0.3) is 0 Å². The van der Waals surface area contributed by atoms with E-state index in [1.165, 1.54) is 33.4 Å². The first-order valence-electron chi connectivity index (χ1n) is 11.3. The first-order valence-corrected chi connectivity index (χ1v) is 12.3. The number of fused-ring (bicyclic) bond motifs is 1. The van der Waals surface area contributed by atoms with Gasteiger partial charge >= 0.3 is 0 Å². The molecule has 0 amide bonds. The first-order chi connectivity index (χ1) is 15.1. The quantitative estimate of drug-likeness (QED) is 0.495. The van der Waals surface area contributed by atoms with E-state index in [1.807, 2.05) is 24.0 Å². The lowest BCUT2D eigenvalue weighted by Crippen LogP contribution is -2.35. The van der Waals surface area contributed by atoms with E-state index >= 15 is 0 Å². The third-order valence-corrected chi connectivity index (χ3v) is 7.86. The minimum absolute atomic E-state index is 0.0356. The highest BCUT2D eigenvalue weighted by atomic mass is 32.2. The number of para-hydroxylation sites is 1. The summed E-state index contributed by atoms with van der Waals surface area (Å²) in [7, 11) is 0. The van der Waals surface area contributed by atoms with Crippen molar-refractivity contribution in [3.63, 3.8) is 0 Å². The Balaban J connectivity index is 1.65. The summed E-state index contributed by atoms with van der Waals surface area (Å²) in [6.07, 6.45) is 4.05. The number of aromatic nitrogens is 2. The van der Waals surface area contributed by atoms with Crippen LogP contribution in [0.2, 0.25) is 0 Å². The Hall–Kier alpha value is -2.53. The van der Waals surface area contributed by atoms with Crippen LogP contribution >= 0.6 is 11.8 Å². The molecule has 1 fully saturated rings. The Morgan fingerprint density at radius 1 is 1.06 bits per heavy atom. The summed E-state index contributed by atoms with van der Waals surface area (Å²) < 4.78 is 2.44. The fraction of sp³-hybridized carbons (Fsp3) is 0.385. The van der Waals surface area contributed by atoms with Gasteiger partial charge in [-0.15, -0.1) is 0 Å². The standard InChI is InChI=1S/C26H30N4S/c1-5-19-11-7-8-13-23(19)29-17(3)15-21(18(29)4)25-24(22-12-9-10-14-27-22)28-26-30(25)20(6-2)16-31-26/h7-15,20,24-25H,5-6,16H2,1-4H3/t20-,24-,25-/m1/s1. The van der Waals surface area contributed by atoms with Crippen molar-refractivity contribution in [1.29, 1.82) is 0 Å². The fourth-order valence-electron chi connectivity index (χ4n) is 5.17. The molecule has 2 aliphatic rings. The molecule has 5 rings (SSSR count). The number of aliphatic imine (C=N–C) groups is 1. The zero-order valence-corrected chi connectivity index (χ0v) is 19.6.